The van der Waals surface area contributed by atoms with E-state index in [0.29, 0.717) is 18.7 Å². The highest BCUT2D eigenvalue weighted by molar-refractivity contribution is 7.98. The Kier molecular flexibility index (Phi) is 6.47. The first-order chi connectivity index (χ1) is 11.1. The summed E-state index contributed by atoms with van der Waals surface area (Å²) in [4.78, 5) is 24.8. The van der Waals surface area contributed by atoms with Gasteiger partial charge in [-0.1, -0.05) is 30.3 Å². The molecule has 122 valence electrons. The van der Waals surface area contributed by atoms with Crippen molar-refractivity contribution in [3.63, 3.8) is 0 Å². The molecule has 1 aromatic heterocycles. The van der Waals surface area contributed by atoms with Crippen molar-refractivity contribution in [1.82, 2.24) is 9.88 Å². The first-order valence-corrected chi connectivity index (χ1v) is 9.04. The molecule has 0 spiro atoms. The van der Waals surface area contributed by atoms with Gasteiger partial charge in [-0.15, -0.1) is 0 Å². The molecule has 0 saturated carbocycles. The molecule has 5 heteroatoms. The molecule has 0 bridgehead atoms. The van der Waals surface area contributed by atoms with Gasteiger partial charge in [-0.3, -0.25) is 9.59 Å². The van der Waals surface area contributed by atoms with Crippen molar-refractivity contribution >= 4 is 17.7 Å². The Balaban J connectivity index is 2.14. The predicted octanol–water partition coefficient (Wildman–Crippen LogP) is 2.49. The lowest BCUT2D eigenvalue weighted by atomic mass is 10.1. The van der Waals surface area contributed by atoms with Gasteiger partial charge in [0.1, 0.15) is 5.56 Å². The highest BCUT2D eigenvalue weighted by atomic mass is 32.2. The SMILES string of the molecule is CSCCNC(=O)c1c(C)ccn(CCc2ccccc2)c1=O. The largest absolute Gasteiger partial charge is 0.351 e. The lowest BCUT2D eigenvalue weighted by molar-refractivity contribution is 0.0953. The van der Waals surface area contributed by atoms with E-state index in [4.69, 9.17) is 0 Å². The number of pyridine rings is 1. The molecule has 1 aromatic carbocycles. The molecule has 0 radical (unpaired) electrons. The second-order valence-electron chi connectivity index (χ2n) is 5.36. The zero-order valence-electron chi connectivity index (χ0n) is 13.5. The average molecular weight is 330 g/mol. The molecule has 2 aromatic rings. The maximum absolute atomic E-state index is 12.6. The number of benzene rings is 1. The van der Waals surface area contributed by atoms with Crippen LogP contribution in [0.2, 0.25) is 0 Å². The van der Waals surface area contributed by atoms with Crippen molar-refractivity contribution in [2.75, 3.05) is 18.6 Å². The zero-order valence-corrected chi connectivity index (χ0v) is 14.4. The monoisotopic (exact) mass is 330 g/mol. The van der Waals surface area contributed by atoms with Crippen LogP contribution in [0, 0.1) is 6.92 Å². The molecule has 0 aliphatic heterocycles. The third-order valence-corrected chi connectivity index (χ3v) is 4.29. The van der Waals surface area contributed by atoms with Crippen molar-refractivity contribution in [3.8, 4) is 0 Å². The number of carbonyl (C=O) groups excluding carboxylic acids is 1. The van der Waals surface area contributed by atoms with Crippen LogP contribution in [0.25, 0.3) is 0 Å². The van der Waals surface area contributed by atoms with Crippen LogP contribution in [-0.4, -0.2) is 29.0 Å². The number of aromatic nitrogens is 1. The molecule has 1 N–H and O–H groups in total. The second-order valence-corrected chi connectivity index (χ2v) is 6.34. The van der Waals surface area contributed by atoms with Gasteiger partial charge in [0.25, 0.3) is 11.5 Å². The van der Waals surface area contributed by atoms with E-state index in [9.17, 15) is 9.59 Å². The lowest BCUT2D eigenvalue weighted by Crippen LogP contribution is -2.35. The number of nitrogens with one attached hydrogen (secondary N) is 1. The summed E-state index contributed by atoms with van der Waals surface area (Å²) >= 11 is 1.66. The molecule has 1 amide bonds. The van der Waals surface area contributed by atoms with Gasteiger partial charge in [0, 0.05) is 25.0 Å². The predicted molar refractivity (Wildman–Crippen MR) is 96.3 cm³/mol. The van der Waals surface area contributed by atoms with E-state index >= 15 is 0 Å². The number of aryl methyl sites for hydroxylation is 3. The zero-order chi connectivity index (χ0) is 16.7. The molecular formula is C18H22N2O2S. The van der Waals surface area contributed by atoms with Crippen molar-refractivity contribution < 1.29 is 4.79 Å². The molecule has 4 nitrogen and oxygen atoms in total. The van der Waals surface area contributed by atoms with E-state index in [1.165, 1.54) is 5.56 Å². The number of thioether (sulfide) groups is 1. The summed E-state index contributed by atoms with van der Waals surface area (Å²) in [6, 6.07) is 11.8. The van der Waals surface area contributed by atoms with Crippen molar-refractivity contribution in [2.24, 2.45) is 0 Å². The average Bonchev–Trinajstić information content (AvgIpc) is 2.55. The molecule has 0 atom stereocenters. The van der Waals surface area contributed by atoms with Crippen LogP contribution in [0.3, 0.4) is 0 Å². The third kappa shape index (κ3) is 4.73. The van der Waals surface area contributed by atoms with E-state index in [-0.39, 0.29) is 17.0 Å². The summed E-state index contributed by atoms with van der Waals surface area (Å²) in [6.07, 6.45) is 4.51. The van der Waals surface area contributed by atoms with Crippen LogP contribution in [0.15, 0.2) is 47.4 Å². The fourth-order valence-electron chi connectivity index (χ4n) is 2.37. The van der Waals surface area contributed by atoms with E-state index < -0.39 is 0 Å². The molecule has 0 fully saturated rings. The fourth-order valence-corrected chi connectivity index (χ4v) is 2.67. The Morgan fingerprint density at radius 3 is 2.65 bits per heavy atom. The van der Waals surface area contributed by atoms with Crippen LogP contribution in [0.1, 0.15) is 21.5 Å². The Morgan fingerprint density at radius 1 is 1.22 bits per heavy atom. The van der Waals surface area contributed by atoms with Gasteiger partial charge >= 0.3 is 0 Å². The Morgan fingerprint density at radius 2 is 1.96 bits per heavy atom. The highest BCUT2D eigenvalue weighted by Gasteiger charge is 2.15. The first kappa shape index (κ1) is 17.3. The van der Waals surface area contributed by atoms with Crippen LogP contribution in [0.4, 0.5) is 0 Å². The van der Waals surface area contributed by atoms with Gasteiger partial charge in [0.15, 0.2) is 0 Å². The number of nitrogens with zero attached hydrogens (tertiary/aromatic N) is 1. The number of hydrogen-bond donors (Lipinski definition) is 1. The summed E-state index contributed by atoms with van der Waals surface area (Å²) < 4.78 is 1.61. The smallest absolute Gasteiger partial charge is 0.263 e. The van der Waals surface area contributed by atoms with Crippen LogP contribution in [-0.2, 0) is 13.0 Å². The lowest BCUT2D eigenvalue weighted by Gasteiger charge is -2.11. The minimum Gasteiger partial charge on any atom is -0.351 e. The number of rotatable bonds is 7. The van der Waals surface area contributed by atoms with Gasteiger partial charge in [-0.05, 0) is 36.8 Å². The summed E-state index contributed by atoms with van der Waals surface area (Å²) in [7, 11) is 0. The summed E-state index contributed by atoms with van der Waals surface area (Å²) in [5.41, 5.74) is 1.92. The second kappa shape index (κ2) is 8.58. The quantitative estimate of drug-likeness (QED) is 0.794. The van der Waals surface area contributed by atoms with Crippen molar-refractivity contribution in [2.45, 2.75) is 19.9 Å². The molecule has 2 rings (SSSR count). The van der Waals surface area contributed by atoms with Gasteiger partial charge in [0.05, 0.1) is 0 Å². The molecular weight excluding hydrogens is 308 g/mol. The minimum atomic E-state index is -0.282. The number of carbonyl (C=O) groups is 1. The number of amides is 1. The van der Waals surface area contributed by atoms with Crippen LogP contribution >= 0.6 is 11.8 Å². The Hall–Kier alpha value is -2.01. The Bertz CT molecular complexity index is 711. The maximum Gasteiger partial charge on any atom is 0.263 e. The number of hydrogen-bond acceptors (Lipinski definition) is 3. The third-order valence-electron chi connectivity index (χ3n) is 3.68. The molecule has 0 aliphatic rings. The van der Waals surface area contributed by atoms with E-state index in [1.54, 1.807) is 29.4 Å². The molecule has 23 heavy (non-hydrogen) atoms. The normalized spacial score (nSPS) is 10.5. The molecule has 0 aliphatic carbocycles. The first-order valence-electron chi connectivity index (χ1n) is 7.64. The van der Waals surface area contributed by atoms with E-state index in [2.05, 4.69) is 5.32 Å². The van der Waals surface area contributed by atoms with Crippen LogP contribution in [0.5, 0.6) is 0 Å². The molecule has 0 unspecified atom stereocenters. The Labute approximate surface area is 140 Å². The summed E-state index contributed by atoms with van der Waals surface area (Å²) in [6.45, 7) is 2.93. The van der Waals surface area contributed by atoms with Gasteiger partial charge < -0.3 is 9.88 Å². The highest BCUT2D eigenvalue weighted by Crippen LogP contribution is 2.05. The molecule has 1 heterocycles. The van der Waals surface area contributed by atoms with Gasteiger partial charge in [-0.2, -0.15) is 11.8 Å². The summed E-state index contributed by atoms with van der Waals surface area (Å²) in [5.74, 6) is 0.551. The fraction of sp³-hybridized carbons (Fsp3) is 0.333. The van der Waals surface area contributed by atoms with Gasteiger partial charge in [-0.25, -0.2) is 0 Å². The van der Waals surface area contributed by atoms with Crippen molar-refractivity contribution in [3.05, 3.63) is 69.6 Å². The van der Waals surface area contributed by atoms with E-state index in [0.717, 1.165) is 12.2 Å². The van der Waals surface area contributed by atoms with Crippen molar-refractivity contribution in [1.29, 1.82) is 0 Å². The topological polar surface area (TPSA) is 51.1 Å². The molecule has 0 saturated heterocycles. The van der Waals surface area contributed by atoms with Crippen LogP contribution < -0.4 is 10.9 Å². The van der Waals surface area contributed by atoms with Gasteiger partial charge in [0.2, 0.25) is 0 Å². The minimum absolute atomic E-state index is 0.220. The maximum atomic E-state index is 12.6. The summed E-state index contributed by atoms with van der Waals surface area (Å²) in [5, 5.41) is 2.81. The standard InChI is InChI=1S/C18H22N2O2S/c1-14-8-11-20(12-9-15-6-4-3-5-7-15)18(22)16(14)17(21)19-10-13-23-2/h3-8,11H,9-10,12-13H2,1-2H3,(H,19,21). The van der Waals surface area contributed by atoms with E-state index in [1.807, 2.05) is 42.7 Å².